The Morgan fingerprint density at radius 3 is 2.76 bits per heavy atom. The highest BCUT2D eigenvalue weighted by atomic mass is 32.2. The Morgan fingerprint density at radius 2 is 1.92 bits per heavy atom. The second kappa shape index (κ2) is 6.41. The molecule has 4 rings (SSSR count). The standard InChI is InChI=1S/C20H19N3OS/c1-23-18-10-6-4-8-15(18)19(25-2)22-17(20(23)24)11-13-12-21-16-9-5-3-7-14(13)16/h3-10,12,17,21H,11H2,1-2H3/t17-/m0/s1. The predicted octanol–water partition coefficient (Wildman–Crippen LogP) is 3.87. The first-order valence-corrected chi connectivity index (χ1v) is 9.45. The second-order valence-electron chi connectivity index (χ2n) is 6.13. The van der Waals surface area contributed by atoms with Gasteiger partial charge in [-0.1, -0.05) is 36.4 Å². The fourth-order valence-electron chi connectivity index (χ4n) is 3.36. The van der Waals surface area contributed by atoms with Gasteiger partial charge in [-0.25, -0.2) is 0 Å². The molecule has 0 saturated carbocycles. The number of likely N-dealkylation sites (N-methyl/N-ethyl adjacent to an activating group) is 1. The summed E-state index contributed by atoms with van der Waals surface area (Å²) in [4.78, 5) is 22.9. The van der Waals surface area contributed by atoms with E-state index in [2.05, 4.69) is 11.1 Å². The lowest BCUT2D eigenvalue weighted by atomic mass is 10.0. The molecule has 1 aliphatic rings. The molecular weight excluding hydrogens is 330 g/mol. The molecule has 0 aliphatic carbocycles. The number of para-hydroxylation sites is 2. The molecule has 126 valence electrons. The number of H-pyrrole nitrogens is 1. The maximum absolute atomic E-state index is 13.0. The van der Waals surface area contributed by atoms with Crippen LogP contribution in [0, 0.1) is 0 Å². The van der Waals surface area contributed by atoms with Crippen molar-refractivity contribution in [2.24, 2.45) is 4.99 Å². The van der Waals surface area contributed by atoms with E-state index in [4.69, 9.17) is 4.99 Å². The van der Waals surface area contributed by atoms with E-state index in [0.29, 0.717) is 6.42 Å². The summed E-state index contributed by atoms with van der Waals surface area (Å²) in [5.74, 6) is 0.0294. The molecule has 2 aromatic carbocycles. The van der Waals surface area contributed by atoms with Gasteiger partial charge in [-0.15, -0.1) is 11.8 Å². The highest BCUT2D eigenvalue weighted by molar-refractivity contribution is 8.13. The lowest BCUT2D eigenvalue weighted by Gasteiger charge is -2.20. The molecule has 1 aromatic heterocycles. The summed E-state index contributed by atoms with van der Waals surface area (Å²) in [6.07, 6.45) is 4.59. The van der Waals surface area contributed by atoms with Crippen LogP contribution in [-0.2, 0) is 11.2 Å². The number of fused-ring (bicyclic) bond motifs is 2. The zero-order chi connectivity index (χ0) is 17.4. The number of rotatable bonds is 2. The summed E-state index contributed by atoms with van der Waals surface area (Å²) >= 11 is 1.59. The van der Waals surface area contributed by atoms with E-state index in [1.54, 1.807) is 16.7 Å². The van der Waals surface area contributed by atoms with E-state index in [1.165, 1.54) is 0 Å². The molecule has 0 radical (unpaired) electrons. The predicted molar refractivity (Wildman–Crippen MR) is 106 cm³/mol. The smallest absolute Gasteiger partial charge is 0.251 e. The van der Waals surface area contributed by atoms with E-state index in [9.17, 15) is 4.79 Å². The van der Waals surface area contributed by atoms with Gasteiger partial charge >= 0.3 is 0 Å². The van der Waals surface area contributed by atoms with Gasteiger partial charge in [0.15, 0.2) is 0 Å². The van der Waals surface area contributed by atoms with Crippen molar-refractivity contribution in [1.82, 2.24) is 4.98 Å². The molecule has 0 unspecified atom stereocenters. The quantitative estimate of drug-likeness (QED) is 0.763. The van der Waals surface area contributed by atoms with Gasteiger partial charge in [0.2, 0.25) is 0 Å². The Kier molecular flexibility index (Phi) is 4.09. The fourth-order valence-corrected chi connectivity index (χ4v) is 3.99. The minimum absolute atomic E-state index is 0.0294. The number of nitrogens with one attached hydrogen (secondary N) is 1. The van der Waals surface area contributed by atoms with Gasteiger partial charge in [0.25, 0.3) is 5.91 Å². The molecule has 25 heavy (non-hydrogen) atoms. The summed E-state index contributed by atoms with van der Waals surface area (Å²) in [7, 11) is 1.84. The van der Waals surface area contributed by atoms with Crippen LogP contribution >= 0.6 is 11.8 Å². The molecule has 5 heteroatoms. The number of anilines is 1. The average molecular weight is 349 g/mol. The number of carbonyl (C=O) groups is 1. The summed E-state index contributed by atoms with van der Waals surface area (Å²) < 4.78 is 0. The van der Waals surface area contributed by atoms with E-state index in [0.717, 1.165) is 32.8 Å². The number of amides is 1. The number of aromatic amines is 1. The van der Waals surface area contributed by atoms with Crippen LogP contribution in [0.25, 0.3) is 10.9 Å². The van der Waals surface area contributed by atoms with Gasteiger partial charge in [-0.2, -0.15) is 0 Å². The minimum atomic E-state index is -0.418. The Morgan fingerprint density at radius 1 is 1.16 bits per heavy atom. The van der Waals surface area contributed by atoms with E-state index < -0.39 is 6.04 Å². The highest BCUT2D eigenvalue weighted by Crippen LogP contribution is 2.30. The molecule has 0 fully saturated rings. The number of benzodiazepines with no additional fused rings is 1. The van der Waals surface area contributed by atoms with E-state index >= 15 is 0 Å². The van der Waals surface area contributed by atoms with Crippen LogP contribution in [0.4, 0.5) is 5.69 Å². The first-order chi connectivity index (χ1) is 12.2. The fraction of sp³-hybridized carbons (Fsp3) is 0.200. The molecule has 1 amide bonds. The number of carbonyl (C=O) groups excluding carboxylic acids is 1. The number of nitrogens with zero attached hydrogens (tertiary/aromatic N) is 2. The Hall–Kier alpha value is -2.53. The van der Waals surface area contributed by atoms with Crippen LogP contribution in [0.3, 0.4) is 0 Å². The number of benzene rings is 2. The maximum Gasteiger partial charge on any atom is 0.251 e. The number of thioether (sulfide) groups is 1. The van der Waals surface area contributed by atoms with E-state index in [-0.39, 0.29) is 5.91 Å². The average Bonchev–Trinajstić information content (AvgIpc) is 3.03. The van der Waals surface area contributed by atoms with Gasteiger partial charge in [-0.05, 0) is 24.0 Å². The first kappa shape index (κ1) is 16.0. The lowest BCUT2D eigenvalue weighted by molar-refractivity contribution is -0.119. The van der Waals surface area contributed by atoms with Crippen molar-refractivity contribution in [1.29, 1.82) is 0 Å². The van der Waals surface area contributed by atoms with Crippen LogP contribution in [0.5, 0.6) is 0 Å². The molecule has 0 spiro atoms. The van der Waals surface area contributed by atoms with Gasteiger partial charge in [0, 0.05) is 36.1 Å². The van der Waals surface area contributed by atoms with Crippen LogP contribution in [-0.4, -0.2) is 35.3 Å². The monoisotopic (exact) mass is 349 g/mol. The third-order valence-corrected chi connectivity index (χ3v) is 5.38. The number of aromatic nitrogens is 1. The molecule has 1 aliphatic heterocycles. The first-order valence-electron chi connectivity index (χ1n) is 8.23. The third-order valence-electron chi connectivity index (χ3n) is 4.67. The Bertz CT molecular complexity index is 976. The van der Waals surface area contributed by atoms with Gasteiger partial charge in [0.05, 0.1) is 5.69 Å². The molecule has 1 atom stereocenters. The summed E-state index contributed by atoms with van der Waals surface area (Å²) in [5.41, 5.74) is 4.15. The normalized spacial score (nSPS) is 17.4. The maximum atomic E-state index is 13.0. The molecule has 2 heterocycles. The van der Waals surface area contributed by atoms with Crippen LogP contribution in [0.1, 0.15) is 11.1 Å². The van der Waals surface area contributed by atoms with Crippen LogP contribution < -0.4 is 4.90 Å². The number of aliphatic imine (C=N–C) groups is 1. The largest absolute Gasteiger partial charge is 0.361 e. The molecule has 3 aromatic rings. The minimum Gasteiger partial charge on any atom is -0.361 e. The molecule has 0 saturated heterocycles. The van der Waals surface area contributed by atoms with Crippen molar-refractivity contribution in [3.63, 3.8) is 0 Å². The highest BCUT2D eigenvalue weighted by Gasteiger charge is 2.29. The summed E-state index contributed by atoms with van der Waals surface area (Å²) in [5, 5.41) is 2.07. The van der Waals surface area contributed by atoms with E-state index in [1.807, 2.05) is 62.0 Å². The van der Waals surface area contributed by atoms with Crippen LogP contribution in [0.2, 0.25) is 0 Å². The van der Waals surface area contributed by atoms with Gasteiger partial charge in [-0.3, -0.25) is 9.79 Å². The van der Waals surface area contributed by atoms with Crippen molar-refractivity contribution in [3.8, 4) is 0 Å². The topological polar surface area (TPSA) is 48.5 Å². The van der Waals surface area contributed by atoms with Crippen molar-refractivity contribution in [2.75, 3.05) is 18.2 Å². The van der Waals surface area contributed by atoms with Crippen LogP contribution in [0.15, 0.2) is 59.7 Å². The second-order valence-corrected chi connectivity index (χ2v) is 6.93. The van der Waals surface area contributed by atoms with Crippen molar-refractivity contribution >= 4 is 39.3 Å². The Balaban J connectivity index is 1.76. The SMILES string of the molecule is CSC1=N[C@@H](Cc2c[nH]c3ccccc23)C(=O)N(C)c2ccccc21. The number of hydrogen-bond acceptors (Lipinski definition) is 3. The number of hydrogen-bond donors (Lipinski definition) is 1. The lowest BCUT2D eigenvalue weighted by Crippen LogP contribution is -2.35. The molecule has 4 nitrogen and oxygen atoms in total. The molecular formula is C20H19N3OS. The summed E-state index contributed by atoms with van der Waals surface area (Å²) in [6.45, 7) is 0. The van der Waals surface area contributed by atoms with Gasteiger partial charge in [0.1, 0.15) is 11.1 Å². The Labute approximate surface area is 151 Å². The third kappa shape index (κ3) is 2.74. The van der Waals surface area contributed by atoms with Crippen molar-refractivity contribution < 1.29 is 4.79 Å². The van der Waals surface area contributed by atoms with Gasteiger partial charge < -0.3 is 9.88 Å². The van der Waals surface area contributed by atoms with Crippen molar-refractivity contribution in [3.05, 3.63) is 65.9 Å². The molecule has 0 bridgehead atoms. The molecule has 1 N–H and O–H groups in total. The zero-order valence-electron chi connectivity index (χ0n) is 14.2. The zero-order valence-corrected chi connectivity index (χ0v) is 15.0. The van der Waals surface area contributed by atoms with Crippen molar-refractivity contribution in [2.45, 2.75) is 12.5 Å². The summed E-state index contributed by atoms with van der Waals surface area (Å²) in [6, 6.07) is 15.7.